The van der Waals surface area contributed by atoms with Gasteiger partial charge in [0.05, 0.1) is 12.7 Å². The molecule has 6 heteroatoms. The molecule has 28 heavy (non-hydrogen) atoms. The summed E-state index contributed by atoms with van der Waals surface area (Å²) in [6.45, 7) is 0.289. The Balaban J connectivity index is 1.48. The fourth-order valence-electron chi connectivity index (χ4n) is 2.77. The minimum Gasteiger partial charge on any atom is -0.496 e. The van der Waals surface area contributed by atoms with Crippen molar-refractivity contribution in [1.29, 1.82) is 0 Å². The fourth-order valence-corrected chi connectivity index (χ4v) is 2.77. The Morgan fingerprint density at radius 2 is 1.79 bits per heavy atom. The zero-order chi connectivity index (χ0) is 19.3. The molecule has 1 heterocycles. The van der Waals surface area contributed by atoms with Crippen molar-refractivity contribution in [2.45, 2.75) is 6.61 Å². The first kappa shape index (κ1) is 17.7. The largest absolute Gasteiger partial charge is 0.496 e. The van der Waals surface area contributed by atoms with Gasteiger partial charge < -0.3 is 14.0 Å². The third kappa shape index (κ3) is 3.86. The van der Waals surface area contributed by atoms with Gasteiger partial charge in [0, 0.05) is 5.56 Å². The average molecular weight is 376 g/mol. The highest BCUT2D eigenvalue weighted by Crippen LogP contribution is 2.30. The lowest BCUT2D eigenvalue weighted by atomic mass is 10.2. The van der Waals surface area contributed by atoms with Crippen molar-refractivity contribution in [1.82, 2.24) is 10.1 Å². The predicted octanol–water partition coefficient (Wildman–Crippen LogP) is 5.13. The molecule has 0 amide bonds. The summed E-state index contributed by atoms with van der Waals surface area (Å²) in [6.07, 6.45) is 0. The first-order valence-corrected chi connectivity index (χ1v) is 8.68. The summed E-state index contributed by atoms with van der Waals surface area (Å²) in [5.41, 5.74) is 2.30. The number of hydrogen-bond acceptors (Lipinski definition) is 5. The number of rotatable bonds is 6. The van der Waals surface area contributed by atoms with E-state index in [0.717, 1.165) is 16.7 Å². The van der Waals surface area contributed by atoms with E-state index in [-0.39, 0.29) is 12.4 Å². The van der Waals surface area contributed by atoms with Crippen LogP contribution in [-0.2, 0) is 6.61 Å². The summed E-state index contributed by atoms with van der Waals surface area (Å²) in [5.74, 6) is 1.91. The van der Waals surface area contributed by atoms with Gasteiger partial charge in [0.1, 0.15) is 23.9 Å². The van der Waals surface area contributed by atoms with Gasteiger partial charge in [0.2, 0.25) is 5.82 Å². The molecule has 5 nitrogen and oxygen atoms in total. The van der Waals surface area contributed by atoms with Crippen LogP contribution in [0.25, 0.3) is 22.8 Å². The molecule has 0 saturated carbocycles. The van der Waals surface area contributed by atoms with E-state index >= 15 is 0 Å². The molecule has 0 bridgehead atoms. The molecule has 0 spiro atoms. The summed E-state index contributed by atoms with van der Waals surface area (Å²) in [7, 11) is 1.60. The Hall–Kier alpha value is -3.67. The van der Waals surface area contributed by atoms with Gasteiger partial charge in [0.25, 0.3) is 5.89 Å². The van der Waals surface area contributed by atoms with Crippen LogP contribution in [0.1, 0.15) is 5.56 Å². The van der Waals surface area contributed by atoms with Crippen LogP contribution >= 0.6 is 0 Å². The Labute approximate surface area is 161 Å². The quantitative estimate of drug-likeness (QED) is 0.467. The van der Waals surface area contributed by atoms with Crippen LogP contribution < -0.4 is 9.47 Å². The Kier molecular flexibility index (Phi) is 5.01. The highest BCUT2D eigenvalue weighted by atomic mass is 19.1. The van der Waals surface area contributed by atoms with Gasteiger partial charge in [0.15, 0.2) is 0 Å². The van der Waals surface area contributed by atoms with Gasteiger partial charge in [-0.15, -0.1) is 0 Å². The summed E-state index contributed by atoms with van der Waals surface area (Å²) >= 11 is 0. The van der Waals surface area contributed by atoms with Crippen molar-refractivity contribution >= 4 is 0 Å². The second kappa shape index (κ2) is 7.92. The van der Waals surface area contributed by atoms with Crippen LogP contribution in [0.15, 0.2) is 77.3 Å². The number of para-hydroxylation sites is 1. The third-order valence-corrected chi connectivity index (χ3v) is 4.17. The zero-order valence-corrected chi connectivity index (χ0v) is 15.1. The van der Waals surface area contributed by atoms with Gasteiger partial charge in [-0.25, -0.2) is 4.39 Å². The molecule has 0 aliphatic heterocycles. The lowest BCUT2D eigenvalue weighted by molar-refractivity contribution is 0.305. The van der Waals surface area contributed by atoms with E-state index in [4.69, 9.17) is 14.0 Å². The highest BCUT2D eigenvalue weighted by Gasteiger charge is 2.14. The predicted molar refractivity (Wildman–Crippen MR) is 102 cm³/mol. The van der Waals surface area contributed by atoms with Crippen molar-refractivity contribution in [3.05, 3.63) is 84.2 Å². The number of hydrogen-bond donors (Lipinski definition) is 0. The minimum atomic E-state index is -0.278. The van der Waals surface area contributed by atoms with E-state index < -0.39 is 0 Å². The lowest BCUT2D eigenvalue weighted by Crippen LogP contribution is -1.95. The van der Waals surface area contributed by atoms with Crippen molar-refractivity contribution in [2.24, 2.45) is 0 Å². The minimum absolute atomic E-state index is 0.278. The number of aromatic nitrogens is 2. The van der Waals surface area contributed by atoms with Gasteiger partial charge in [-0.3, -0.25) is 0 Å². The molecular weight excluding hydrogens is 359 g/mol. The lowest BCUT2D eigenvalue weighted by Gasteiger charge is -2.06. The van der Waals surface area contributed by atoms with Crippen LogP contribution in [-0.4, -0.2) is 17.3 Å². The van der Waals surface area contributed by atoms with E-state index in [1.807, 2.05) is 54.6 Å². The number of benzene rings is 3. The normalized spacial score (nSPS) is 10.6. The monoisotopic (exact) mass is 376 g/mol. The van der Waals surface area contributed by atoms with Gasteiger partial charge in [-0.2, -0.15) is 4.98 Å². The SMILES string of the molecule is COc1ccccc1-c1nc(-c2ccc(OCc3cccc(F)c3)cc2)no1. The molecule has 4 aromatic rings. The van der Waals surface area contributed by atoms with E-state index in [0.29, 0.717) is 23.2 Å². The van der Waals surface area contributed by atoms with E-state index in [1.165, 1.54) is 12.1 Å². The number of nitrogens with zero attached hydrogens (tertiary/aromatic N) is 2. The molecule has 0 aliphatic rings. The van der Waals surface area contributed by atoms with Crippen molar-refractivity contribution < 1.29 is 18.4 Å². The fraction of sp³-hybridized carbons (Fsp3) is 0.0909. The third-order valence-electron chi connectivity index (χ3n) is 4.17. The van der Waals surface area contributed by atoms with Crippen molar-refractivity contribution in [3.63, 3.8) is 0 Å². The van der Waals surface area contributed by atoms with Crippen LogP contribution in [0.3, 0.4) is 0 Å². The Morgan fingerprint density at radius 3 is 2.57 bits per heavy atom. The standard InChI is InChI=1S/C22H17FN2O3/c1-26-20-8-3-2-7-19(20)22-24-21(25-28-22)16-9-11-18(12-10-16)27-14-15-5-4-6-17(23)13-15/h2-13H,14H2,1H3. The number of halogens is 1. The molecule has 0 N–H and O–H groups in total. The molecule has 1 aromatic heterocycles. The molecule has 0 fully saturated rings. The van der Waals surface area contributed by atoms with E-state index in [1.54, 1.807) is 13.2 Å². The summed E-state index contributed by atoms with van der Waals surface area (Å²) in [4.78, 5) is 4.45. The first-order chi connectivity index (χ1) is 13.7. The van der Waals surface area contributed by atoms with E-state index in [9.17, 15) is 4.39 Å². The smallest absolute Gasteiger partial charge is 0.262 e. The van der Waals surface area contributed by atoms with Crippen LogP contribution in [0.5, 0.6) is 11.5 Å². The van der Waals surface area contributed by atoms with Crippen LogP contribution in [0.4, 0.5) is 4.39 Å². The van der Waals surface area contributed by atoms with Crippen LogP contribution in [0.2, 0.25) is 0 Å². The molecule has 0 unspecified atom stereocenters. The highest BCUT2D eigenvalue weighted by molar-refractivity contribution is 5.65. The topological polar surface area (TPSA) is 57.4 Å². The van der Waals surface area contributed by atoms with Crippen molar-refractivity contribution in [2.75, 3.05) is 7.11 Å². The van der Waals surface area contributed by atoms with Gasteiger partial charge in [-0.05, 0) is 54.1 Å². The zero-order valence-electron chi connectivity index (χ0n) is 15.1. The summed E-state index contributed by atoms with van der Waals surface area (Å²) in [5, 5.41) is 4.05. The second-order valence-electron chi connectivity index (χ2n) is 6.07. The molecule has 0 atom stereocenters. The molecule has 3 aromatic carbocycles. The molecule has 0 radical (unpaired) electrons. The van der Waals surface area contributed by atoms with Gasteiger partial charge >= 0.3 is 0 Å². The maximum Gasteiger partial charge on any atom is 0.262 e. The Bertz CT molecular complexity index is 1080. The molecular formula is C22H17FN2O3. The molecule has 140 valence electrons. The average Bonchev–Trinajstić information content (AvgIpc) is 3.23. The van der Waals surface area contributed by atoms with Crippen LogP contribution in [0, 0.1) is 5.82 Å². The van der Waals surface area contributed by atoms with Gasteiger partial charge in [-0.1, -0.05) is 29.4 Å². The van der Waals surface area contributed by atoms with E-state index in [2.05, 4.69) is 10.1 Å². The second-order valence-corrected chi connectivity index (χ2v) is 6.07. The van der Waals surface area contributed by atoms with Crippen molar-refractivity contribution in [3.8, 4) is 34.3 Å². The molecule has 0 aliphatic carbocycles. The summed E-state index contributed by atoms with van der Waals surface area (Å²) in [6, 6.07) is 21.1. The molecule has 4 rings (SSSR count). The maximum atomic E-state index is 13.2. The summed E-state index contributed by atoms with van der Waals surface area (Å²) < 4.78 is 29.6. The number of ether oxygens (including phenoxy) is 2. The molecule has 0 saturated heterocycles. The Morgan fingerprint density at radius 1 is 0.964 bits per heavy atom. The first-order valence-electron chi connectivity index (χ1n) is 8.68. The number of methoxy groups -OCH3 is 1. The maximum absolute atomic E-state index is 13.2.